The lowest BCUT2D eigenvalue weighted by atomic mass is 9.84. The Hall–Kier alpha value is -0.650. The number of carbonyl (C=O) groups excluding carboxylic acids is 1. The molecule has 2 saturated heterocycles. The van der Waals surface area contributed by atoms with E-state index in [1.807, 2.05) is 0 Å². The molecule has 0 aromatic heterocycles. The molecule has 1 amide bonds. The Morgan fingerprint density at radius 1 is 1.30 bits per heavy atom. The predicted octanol–water partition coefficient (Wildman–Crippen LogP) is 0.942. The van der Waals surface area contributed by atoms with Gasteiger partial charge < -0.3 is 10.1 Å². The van der Waals surface area contributed by atoms with Crippen molar-refractivity contribution in [3.8, 4) is 0 Å². The average molecular weight is 321 g/mol. The summed E-state index contributed by atoms with van der Waals surface area (Å²) in [6.45, 7) is 6.41. The van der Waals surface area contributed by atoms with Gasteiger partial charge in [0.1, 0.15) is 0 Å². The van der Waals surface area contributed by atoms with Gasteiger partial charge in [0.05, 0.1) is 19.3 Å². The van der Waals surface area contributed by atoms with E-state index in [-0.39, 0.29) is 12.0 Å². The van der Waals surface area contributed by atoms with Crippen LogP contribution in [-0.2, 0) is 9.53 Å². The topological polar surface area (TPSA) is 44.8 Å². The third kappa shape index (κ3) is 3.15. The number of ether oxygens (including phenoxy) is 1. The Morgan fingerprint density at radius 3 is 2.87 bits per heavy atom. The predicted molar refractivity (Wildman–Crippen MR) is 89.1 cm³/mol. The van der Waals surface area contributed by atoms with Gasteiger partial charge in [0.25, 0.3) is 0 Å². The number of likely N-dealkylation sites (N-methyl/N-ethyl adjacent to an activating group) is 1. The molecule has 5 heteroatoms. The fraction of sp³-hybridized carbons (Fsp3) is 0.944. The van der Waals surface area contributed by atoms with E-state index in [4.69, 9.17) is 4.74 Å². The van der Waals surface area contributed by atoms with Gasteiger partial charge in [0.15, 0.2) is 0 Å². The fourth-order valence-electron chi connectivity index (χ4n) is 5.58. The molecule has 0 spiro atoms. The van der Waals surface area contributed by atoms with Crippen LogP contribution < -0.4 is 5.32 Å². The van der Waals surface area contributed by atoms with Crippen LogP contribution in [0.15, 0.2) is 0 Å². The highest BCUT2D eigenvalue weighted by Gasteiger charge is 2.43. The maximum atomic E-state index is 12.5. The maximum Gasteiger partial charge on any atom is 0.234 e. The van der Waals surface area contributed by atoms with Crippen molar-refractivity contribution in [2.24, 2.45) is 17.8 Å². The molecule has 23 heavy (non-hydrogen) atoms. The van der Waals surface area contributed by atoms with Gasteiger partial charge in [-0.05, 0) is 51.0 Å². The number of hydrogen-bond donors (Lipinski definition) is 1. The van der Waals surface area contributed by atoms with Crippen molar-refractivity contribution in [1.82, 2.24) is 15.1 Å². The number of rotatable bonds is 4. The molecule has 4 rings (SSSR count). The molecule has 6 atom stereocenters. The van der Waals surface area contributed by atoms with Crippen molar-refractivity contribution >= 4 is 5.91 Å². The Labute approximate surface area is 139 Å². The second-order valence-corrected chi connectivity index (χ2v) is 8.35. The van der Waals surface area contributed by atoms with Gasteiger partial charge in [0, 0.05) is 31.7 Å². The summed E-state index contributed by atoms with van der Waals surface area (Å²) in [6, 6.07) is 0.793. The summed E-state index contributed by atoms with van der Waals surface area (Å²) < 4.78 is 5.86. The molecule has 0 unspecified atom stereocenters. The minimum atomic E-state index is 0.196. The van der Waals surface area contributed by atoms with Crippen molar-refractivity contribution in [2.75, 3.05) is 39.8 Å². The maximum absolute atomic E-state index is 12.5. The zero-order valence-corrected chi connectivity index (χ0v) is 14.5. The normalized spacial score (nSPS) is 41.9. The number of hydrogen-bond acceptors (Lipinski definition) is 4. The van der Waals surface area contributed by atoms with Crippen LogP contribution in [0.25, 0.3) is 0 Å². The summed E-state index contributed by atoms with van der Waals surface area (Å²) >= 11 is 0. The monoisotopic (exact) mass is 321 g/mol. The summed E-state index contributed by atoms with van der Waals surface area (Å²) in [5, 5.41) is 3.29. The van der Waals surface area contributed by atoms with E-state index in [1.54, 1.807) is 0 Å². The first-order valence-corrected chi connectivity index (χ1v) is 9.43. The number of nitrogens with one attached hydrogen (secondary N) is 1. The molecule has 2 saturated carbocycles. The first-order chi connectivity index (χ1) is 11.1. The number of amides is 1. The van der Waals surface area contributed by atoms with Crippen LogP contribution in [0.5, 0.6) is 0 Å². The zero-order chi connectivity index (χ0) is 16.0. The smallest absolute Gasteiger partial charge is 0.234 e. The number of morpholine rings is 1. The first-order valence-electron chi connectivity index (χ1n) is 9.43. The molecule has 130 valence electrons. The molecule has 2 bridgehead atoms. The van der Waals surface area contributed by atoms with Gasteiger partial charge in [-0.2, -0.15) is 0 Å². The Bertz CT molecular complexity index is 458. The Morgan fingerprint density at radius 2 is 2.17 bits per heavy atom. The van der Waals surface area contributed by atoms with E-state index in [1.165, 1.54) is 25.7 Å². The van der Waals surface area contributed by atoms with Crippen LogP contribution in [0.2, 0.25) is 0 Å². The van der Waals surface area contributed by atoms with Gasteiger partial charge in [0.2, 0.25) is 5.91 Å². The highest BCUT2D eigenvalue weighted by atomic mass is 16.5. The minimum absolute atomic E-state index is 0.196. The third-order valence-electron chi connectivity index (χ3n) is 6.85. The van der Waals surface area contributed by atoms with E-state index in [2.05, 4.69) is 29.1 Å². The van der Waals surface area contributed by atoms with Crippen molar-refractivity contribution < 1.29 is 9.53 Å². The Kier molecular flexibility index (Phi) is 4.37. The molecule has 2 heterocycles. The van der Waals surface area contributed by atoms with Gasteiger partial charge in [-0.15, -0.1) is 0 Å². The Balaban J connectivity index is 1.26. The molecule has 5 nitrogen and oxygen atoms in total. The molecule has 0 aromatic rings. The molecule has 4 fully saturated rings. The summed E-state index contributed by atoms with van der Waals surface area (Å²) in [6.07, 6.45) is 5.83. The standard InChI is InChI=1S/C18H31N3O2/c1-12(15-8-13-3-4-14(15)7-13)19-18(22)11-21-9-16-17(10-21)23-6-5-20(16)2/h12-17H,3-11H2,1-2H3,(H,19,22)/t12-,13-,14-,15+,16-,17-/m0/s1. The summed E-state index contributed by atoms with van der Waals surface area (Å²) in [5.74, 6) is 2.72. The highest BCUT2D eigenvalue weighted by molar-refractivity contribution is 5.78. The lowest BCUT2D eigenvalue weighted by Gasteiger charge is -2.33. The zero-order valence-electron chi connectivity index (χ0n) is 14.5. The van der Waals surface area contributed by atoms with E-state index in [9.17, 15) is 4.79 Å². The third-order valence-corrected chi connectivity index (χ3v) is 6.85. The van der Waals surface area contributed by atoms with E-state index in [0.717, 1.165) is 38.1 Å². The van der Waals surface area contributed by atoms with Gasteiger partial charge in [-0.3, -0.25) is 14.6 Å². The minimum Gasteiger partial charge on any atom is -0.374 e. The number of fused-ring (bicyclic) bond motifs is 3. The molecule has 0 radical (unpaired) electrons. The summed E-state index contributed by atoms with van der Waals surface area (Å²) in [4.78, 5) is 17.1. The van der Waals surface area contributed by atoms with Gasteiger partial charge in [-0.1, -0.05) is 6.42 Å². The molecular formula is C18H31N3O2. The van der Waals surface area contributed by atoms with Crippen molar-refractivity contribution in [2.45, 2.75) is 50.8 Å². The highest BCUT2D eigenvalue weighted by Crippen LogP contribution is 2.49. The van der Waals surface area contributed by atoms with Crippen LogP contribution in [0.3, 0.4) is 0 Å². The van der Waals surface area contributed by atoms with Crippen LogP contribution in [-0.4, -0.2) is 73.7 Å². The van der Waals surface area contributed by atoms with Crippen molar-refractivity contribution in [1.29, 1.82) is 0 Å². The lowest BCUT2D eigenvalue weighted by Crippen LogP contribution is -2.48. The molecule has 4 aliphatic rings. The fourth-order valence-corrected chi connectivity index (χ4v) is 5.58. The molecule has 1 N–H and O–H groups in total. The van der Waals surface area contributed by atoms with Crippen LogP contribution >= 0.6 is 0 Å². The van der Waals surface area contributed by atoms with Crippen LogP contribution in [0.1, 0.15) is 32.6 Å². The second kappa shape index (κ2) is 6.34. The van der Waals surface area contributed by atoms with E-state index in [0.29, 0.717) is 24.5 Å². The SMILES string of the molecule is C[C@H](NC(=O)CN1C[C@@H]2OCCN(C)[C@H]2C1)[C@H]1C[C@H]2CC[C@H]1C2. The first kappa shape index (κ1) is 15.9. The molecule has 2 aliphatic heterocycles. The number of carbonyl (C=O) groups is 1. The van der Waals surface area contributed by atoms with Crippen molar-refractivity contribution in [3.05, 3.63) is 0 Å². The van der Waals surface area contributed by atoms with Crippen LogP contribution in [0, 0.1) is 17.8 Å². The summed E-state index contributed by atoms with van der Waals surface area (Å²) in [7, 11) is 2.17. The molecule has 2 aliphatic carbocycles. The molecular weight excluding hydrogens is 290 g/mol. The van der Waals surface area contributed by atoms with E-state index >= 15 is 0 Å². The van der Waals surface area contributed by atoms with Crippen LogP contribution in [0.4, 0.5) is 0 Å². The quantitative estimate of drug-likeness (QED) is 0.837. The summed E-state index contributed by atoms with van der Waals surface area (Å²) in [5.41, 5.74) is 0. The lowest BCUT2D eigenvalue weighted by molar-refractivity contribution is -0.123. The van der Waals surface area contributed by atoms with Gasteiger partial charge in [-0.25, -0.2) is 0 Å². The van der Waals surface area contributed by atoms with Crippen molar-refractivity contribution in [3.63, 3.8) is 0 Å². The second-order valence-electron chi connectivity index (χ2n) is 8.35. The van der Waals surface area contributed by atoms with E-state index < -0.39 is 0 Å². The average Bonchev–Trinajstić information content (AvgIpc) is 3.21. The molecule has 0 aromatic carbocycles. The van der Waals surface area contributed by atoms with Gasteiger partial charge >= 0.3 is 0 Å². The largest absolute Gasteiger partial charge is 0.374 e. The number of likely N-dealkylation sites (tertiary alicyclic amines) is 1. The number of nitrogens with zero attached hydrogens (tertiary/aromatic N) is 2.